The fraction of sp³-hybridized carbons (Fsp3) is 0.929. The van der Waals surface area contributed by atoms with E-state index < -0.39 is 0 Å². The maximum absolute atomic E-state index is 11.3. The molecule has 4 rings (SSSR count). The van der Waals surface area contributed by atoms with Gasteiger partial charge < -0.3 is 15.2 Å². The molecule has 2 unspecified atom stereocenters. The lowest BCUT2D eigenvalue weighted by atomic mass is 9.48. The fourth-order valence-electron chi connectivity index (χ4n) is 5.04. The summed E-state index contributed by atoms with van der Waals surface area (Å²) in [5.41, 5.74) is 6.23. The molecule has 0 aromatic rings. The molecule has 0 saturated heterocycles. The Balaban J connectivity index is 1.74. The number of rotatable bonds is 4. The van der Waals surface area contributed by atoms with Crippen LogP contribution in [0.3, 0.4) is 0 Å². The van der Waals surface area contributed by atoms with Gasteiger partial charge in [-0.05, 0) is 62.3 Å². The van der Waals surface area contributed by atoms with Crippen molar-refractivity contribution in [1.29, 1.82) is 0 Å². The van der Waals surface area contributed by atoms with E-state index in [4.69, 9.17) is 10.5 Å². The van der Waals surface area contributed by atoms with E-state index in [2.05, 4.69) is 4.74 Å². The van der Waals surface area contributed by atoms with Gasteiger partial charge in [-0.3, -0.25) is 0 Å². The number of hydrogen-bond donors (Lipinski definition) is 1. The van der Waals surface area contributed by atoms with Crippen molar-refractivity contribution in [2.24, 2.45) is 23.0 Å². The van der Waals surface area contributed by atoms with Gasteiger partial charge in [0, 0.05) is 0 Å². The van der Waals surface area contributed by atoms with Crippen LogP contribution in [0.25, 0.3) is 0 Å². The lowest BCUT2D eigenvalue weighted by molar-refractivity contribution is -0.198. The van der Waals surface area contributed by atoms with Crippen molar-refractivity contribution in [2.45, 2.75) is 44.1 Å². The second-order valence-electron chi connectivity index (χ2n) is 6.71. The molecule has 0 radical (unpaired) electrons. The molecule has 4 heteroatoms. The second kappa shape index (κ2) is 4.20. The van der Waals surface area contributed by atoms with Gasteiger partial charge in [-0.15, -0.1) is 0 Å². The van der Waals surface area contributed by atoms with Crippen LogP contribution in [0.4, 0.5) is 0 Å². The summed E-state index contributed by atoms with van der Waals surface area (Å²) in [6.45, 7) is 0.861. The highest BCUT2D eigenvalue weighted by atomic mass is 16.6. The fourth-order valence-corrected chi connectivity index (χ4v) is 5.04. The van der Waals surface area contributed by atoms with Crippen LogP contribution in [0, 0.1) is 17.3 Å². The largest absolute Gasteiger partial charge is 0.467 e. The van der Waals surface area contributed by atoms with Crippen molar-refractivity contribution < 1.29 is 14.3 Å². The molecule has 4 aliphatic rings. The third-order valence-corrected chi connectivity index (χ3v) is 5.29. The SMILES string of the molecule is COC(=O)COC12CC3CC(CC(CN)(C3)C1)C2. The summed E-state index contributed by atoms with van der Waals surface area (Å²) in [5.74, 6) is 1.24. The van der Waals surface area contributed by atoms with Gasteiger partial charge in [-0.25, -0.2) is 4.79 Å². The Morgan fingerprint density at radius 2 is 1.94 bits per heavy atom. The predicted octanol–water partition coefficient (Wildman–Crippen LogP) is 1.47. The van der Waals surface area contributed by atoms with Crippen LogP contribution in [0.5, 0.6) is 0 Å². The van der Waals surface area contributed by atoms with Gasteiger partial charge in [0.15, 0.2) is 0 Å². The van der Waals surface area contributed by atoms with E-state index in [1.807, 2.05) is 0 Å². The number of ether oxygens (including phenoxy) is 2. The minimum atomic E-state index is -0.271. The lowest BCUT2D eigenvalue weighted by Crippen LogP contribution is -2.59. The van der Waals surface area contributed by atoms with Crippen molar-refractivity contribution in [3.05, 3.63) is 0 Å². The van der Waals surface area contributed by atoms with Gasteiger partial charge in [0.25, 0.3) is 0 Å². The second-order valence-corrected chi connectivity index (χ2v) is 6.71. The molecule has 4 bridgehead atoms. The molecular formula is C14H23NO3. The molecule has 0 aromatic heterocycles. The molecular weight excluding hydrogens is 230 g/mol. The molecule has 2 N–H and O–H groups in total. The summed E-state index contributed by atoms with van der Waals surface area (Å²) in [4.78, 5) is 11.3. The van der Waals surface area contributed by atoms with Crippen molar-refractivity contribution in [3.8, 4) is 0 Å². The standard InChI is InChI=1S/C14H23NO3/c1-17-12(16)7-18-14-5-10-2-11(6-14)4-13(3-10,8-14)9-15/h10-11H,2-9,15H2,1H3. The molecule has 2 atom stereocenters. The van der Waals surface area contributed by atoms with Crippen LogP contribution in [0.2, 0.25) is 0 Å². The van der Waals surface area contributed by atoms with E-state index in [0.717, 1.165) is 37.6 Å². The van der Waals surface area contributed by atoms with Crippen molar-refractivity contribution in [3.63, 3.8) is 0 Å². The molecule has 0 spiro atoms. The van der Waals surface area contributed by atoms with Crippen LogP contribution in [0.1, 0.15) is 38.5 Å². The molecule has 102 valence electrons. The summed E-state index contributed by atoms with van der Waals surface area (Å²) < 4.78 is 10.7. The molecule has 0 aromatic carbocycles. The summed E-state index contributed by atoms with van der Waals surface area (Å²) in [5, 5.41) is 0. The summed E-state index contributed by atoms with van der Waals surface area (Å²) in [6.07, 6.45) is 7.14. The van der Waals surface area contributed by atoms with Crippen molar-refractivity contribution in [1.82, 2.24) is 0 Å². The normalized spacial score (nSPS) is 45.2. The van der Waals surface area contributed by atoms with E-state index in [-0.39, 0.29) is 18.2 Å². The first-order valence-electron chi connectivity index (χ1n) is 7.00. The van der Waals surface area contributed by atoms with E-state index in [1.54, 1.807) is 0 Å². The summed E-state index contributed by atoms with van der Waals surface area (Å²) in [6, 6.07) is 0. The van der Waals surface area contributed by atoms with E-state index >= 15 is 0 Å². The number of esters is 1. The van der Waals surface area contributed by atoms with Gasteiger partial charge >= 0.3 is 5.97 Å². The Bertz CT molecular complexity index is 341. The van der Waals surface area contributed by atoms with Gasteiger partial charge in [0.05, 0.1) is 12.7 Å². The minimum Gasteiger partial charge on any atom is -0.467 e. The van der Waals surface area contributed by atoms with Gasteiger partial charge in [-0.1, -0.05) is 0 Å². The molecule has 4 nitrogen and oxygen atoms in total. The molecule has 0 aliphatic heterocycles. The minimum absolute atomic E-state index is 0.0857. The topological polar surface area (TPSA) is 61.5 Å². The van der Waals surface area contributed by atoms with Gasteiger partial charge in [0.1, 0.15) is 6.61 Å². The number of nitrogens with two attached hydrogens (primary N) is 1. The Labute approximate surface area is 108 Å². The van der Waals surface area contributed by atoms with Gasteiger partial charge in [-0.2, -0.15) is 0 Å². The Kier molecular flexibility index (Phi) is 2.90. The Hall–Kier alpha value is -0.610. The molecule has 0 heterocycles. The van der Waals surface area contributed by atoms with E-state index in [0.29, 0.717) is 5.41 Å². The van der Waals surface area contributed by atoms with Crippen molar-refractivity contribution >= 4 is 5.97 Å². The van der Waals surface area contributed by atoms with E-state index in [1.165, 1.54) is 26.4 Å². The van der Waals surface area contributed by atoms with Crippen LogP contribution in [-0.2, 0) is 14.3 Å². The smallest absolute Gasteiger partial charge is 0.331 e. The maximum atomic E-state index is 11.3. The highest BCUT2D eigenvalue weighted by Gasteiger charge is 2.57. The average molecular weight is 253 g/mol. The maximum Gasteiger partial charge on any atom is 0.331 e. The number of hydrogen-bond acceptors (Lipinski definition) is 4. The molecule has 18 heavy (non-hydrogen) atoms. The molecule has 4 aliphatic carbocycles. The van der Waals surface area contributed by atoms with E-state index in [9.17, 15) is 4.79 Å². The quantitative estimate of drug-likeness (QED) is 0.771. The molecule has 4 fully saturated rings. The average Bonchev–Trinajstić information content (AvgIpc) is 2.34. The van der Waals surface area contributed by atoms with Crippen molar-refractivity contribution in [2.75, 3.05) is 20.3 Å². The first-order chi connectivity index (χ1) is 8.59. The zero-order chi connectivity index (χ0) is 12.8. The lowest BCUT2D eigenvalue weighted by Gasteiger charge is -2.61. The van der Waals surface area contributed by atoms with Gasteiger partial charge in [0.2, 0.25) is 0 Å². The first-order valence-corrected chi connectivity index (χ1v) is 7.00. The van der Waals surface area contributed by atoms with Crippen LogP contribution in [0.15, 0.2) is 0 Å². The van der Waals surface area contributed by atoms with Crippen LogP contribution in [-0.4, -0.2) is 31.8 Å². The third kappa shape index (κ3) is 1.95. The number of carbonyl (C=O) groups excluding carboxylic acids is 1. The molecule has 4 saturated carbocycles. The first kappa shape index (κ1) is 12.4. The predicted molar refractivity (Wildman–Crippen MR) is 66.9 cm³/mol. The highest BCUT2D eigenvalue weighted by molar-refractivity contribution is 5.70. The zero-order valence-electron chi connectivity index (χ0n) is 11.1. The number of methoxy groups -OCH3 is 1. The summed E-state index contributed by atoms with van der Waals surface area (Å²) in [7, 11) is 1.41. The Morgan fingerprint density at radius 1 is 1.28 bits per heavy atom. The molecule has 0 amide bonds. The third-order valence-electron chi connectivity index (χ3n) is 5.29. The van der Waals surface area contributed by atoms with Crippen LogP contribution < -0.4 is 5.73 Å². The zero-order valence-corrected chi connectivity index (χ0v) is 11.1. The monoisotopic (exact) mass is 253 g/mol. The number of carbonyl (C=O) groups is 1. The highest BCUT2D eigenvalue weighted by Crippen LogP contribution is 2.62. The van der Waals surface area contributed by atoms with Crippen LogP contribution >= 0.6 is 0 Å². The Morgan fingerprint density at radius 3 is 2.50 bits per heavy atom. The summed E-state index contributed by atoms with van der Waals surface area (Å²) >= 11 is 0.